The Labute approximate surface area is 126 Å². The highest BCUT2D eigenvalue weighted by molar-refractivity contribution is 5.95. The fourth-order valence-corrected chi connectivity index (χ4v) is 3.00. The standard InChI is InChI=1S/C16H16N2O4/c19-14-11-4-1-9-7-17-5-6-22-15(9)13(11)18(10-2-3-10)8-12(14)16(20)21/h1,4,8,10,17H,2-3,5-7H2,(H,20,21). The minimum atomic E-state index is -1.18. The Balaban J connectivity index is 2.09. The highest BCUT2D eigenvalue weighted by atomic mass is 16.5. The normalized spacial score (nSPS) is 17.6. The van der Waals surface area contributed by atoms with Crippen molar-refractivity contribution in [1.82, 2.24) is 9.88 Å². The summed E-state index contributed by atoms with van der Waals surface area (Å²) in [5.74, 6) is -0.470. The zero-order chi connectivity index (χ0) is 15.3. The summed E-state index contributed by atoms with van der Waals surface area (Å²) in [4.78, 5) is 23.8. The second kappa shape index (κ2) is 4.84. The Morgan fingerprint density at radius 3 is 2.91 bits per heavy atom. The van der Waals surface area contributed by atoms with Gasteiger partial charge in [-0.15, -0.1) is 0 Å². The molecule has 2 heterocycles. The Morgan fingerprint density at radius 1 is 1.36 bits per heavy atom. The van der Waals surface area contributed by atoms with E-state index in [1.807, 2.05) is 10.6 Å². The number of nitrogens with zero attached hydrogens (tertiary/aromatic N) is 1. The average Bonchev–Trinajstić information content (AvgIpc) is 3.33. The van der Waals surface area contributed by atoms with E-state index in [1.54, 1.807) is 6.07 Å². The predicted molar refractivity (Wildman–Crippen MR) is 80.6 cm³/mol. The molecule has 0 atom stereocenters. The van der Waals surface area contributed by atoms with E-state index in [-0.39, 0.29) is 11.6 Å². The van der Waals surface area contributed by atoms with Gasteiger partial charge in [0.1, 0.15) is 17.9 Å². The lowest BCUT2D eigenvalue weighted by Crippen LogP contribution is -2.19. The molecule has 1 aliphatic carbocycles. The number of rotatable bonds is 2. The van der Waals surface area contributed by atoms with Crippen molar-refractivity contribution in [3.63, 3.8) is 0 Å². The Hall–Kier alpha value is -2.34. The number of aromatic nitrogens is 1. The van der Waals surface area contributed by atoms with Crippen LogP contribution in [0.1, 0.15) is 34.8 Å². The van der Waals surface area contributed by atoms with Crippen molar-refractivity contribution in [1.29, 1.82) is 0 Å². The first-order chi connectivity index (χ1) is 10.7. The molecular weight excluding hydrogens is 284 g/mol. The molecule has 6 nitrogen and oxygen atoms in total. The predicted octanol–water partition coefficient (Wildman–Crippen LogP) is 1.52. The number of nitrogens with one attached hydrogen (secondary N) is 1. The smallest absolute Gasteiger partial charge is 0.341 e. The van der Waals surface area contributed by atoms with E-state index in [1.165, 1.54) is 6.20 Å². The van der Waals surface area contributed by atoms with E-state index < -0.39 is 11.4 Å². The van der Waals surface area contributed by atoms with Gasteiger partial charge in [-0.1, -0.05) is 6.07 Å². The lowest BCUT2D eigenvalue weighted by molar-refractivity contribution is 0.0695. The van der Waals surface area contributed by atoms with Crippen LogP contribution in [-0.4, -0.2) is 28.8 Å². The van der Waals surface area contributed by atoms with Gasteiger partial charge < -0.3 is 19.7 Å². The minimum Gasteiger partial charge on any atom is -0.490 e. The molecule has 0 bridgehead atoms. The number of aromatic carboxylic acids is 1. The van der Waals surface area contributed by atoms with E-state index in [4.69, 9.17) is 4.74 Å². The molecule has 22 heavy (non-hydrogen) atoms. The van der Waals surface area contributed by atoms with Crippen molar-refractivity contribution in [3.05, 3.63) is 39.7 Å². The minimum absolute atomic E-state index is 0.175. The summed E-state index contributed by atoms with van der Waals surface area (Å²) in [7, 11) is 0. The molecule has 4 rings (SSSR count). The van der Waals surface area contributed by atoms with Crippen LogP contribution in [0.2, 0.25) is 0 Å². The molecule has 0 saturated heterocycles. The fourth-order valence-electron chi connectivity index (χ4n) is 3.00. The maximum absolute atomic E-state index is 12.5. The van der Waals surface area contributed by atoms with Gasteiger partial charge in [-0.25, -0.2) is 4.79 Å². The first-order valence-corrected chi connectivity index (χ1v) is 7.44. The van der Waals surface area contributed by atoms with Gasteiger partial charge in [-0.3, -0.25) is 4.79 Å². The fraction of sp³-hybridized carbons (Fsp3) is 0.375. The summed E-state index contributed by atoms with van der Waals surface area (Å²) in [5.41, 5.74) is 1.12. The van der Waals surface area contributed by atoms with E-state index in [0.717, 1.165) is 30.5 Å². The maximum atomic E-state index is 12.5. The summed E-state index contributed by atoms with van der Waals surface area (Å²) in [6.45, 7) is 1.97. The number of carboxylic acid groups (broad SMARTS) is 1. The van der Waals surface area contributed by atoms with Crippen molar-refractivity contribution < 1.29 is 14.6 Å². The second-order valence-corrected chi connectivity index (χ2v) is 5.79. The summed E-state index contributed by atoms with van der Waals surface area (Å²) in [6.07, 6.45) is 3.48. The third-order valence-corrected chi connectivity index (χ3v) is 4.24. The number of pyridine rings is 1. The van der Waals surface area contributed by atoms with Gasteiger partial charge >= 0.3 is 5.97 Å². The lowest BCUT2D eigenvalue weighted by Gasteiger charge is -2.16. The van der Waals surface area contributed by atoms with Crippen LogP contribution in [0.15, 0.2) is 23.1 Å². The molecule has 114 valence electrons. The zero-order valence-electron chi connectivity index (χ0n) is 12.0. The quantitative estimate of drug-likeness (QED) is 0.879. The summed E-state index contributed by atoms with van der Waals surface area (Å²) in [6, 6.07) is 3.82. The lowest BCUT2D eigenvalue weighted by atomic mass is 10.1. The van der Waals surface area contributed by atoms with Crippen LogP contribution in [0, 0.1) is 0 Å². The van der Waals surface area contributed by atoms with Gasteiger partial charge in [-0.05, 0) is 18.9 Å². The average molecular weight is 300 g/mol. The number of carboxylic acids is 1. The van der Waals surface area contributed by atoms with Crippen molar-refractivity contribution in [3.8, 4) is 5.75 Å². The monoisotopic (exact) mass is 300 g/mol. The number of benzene rings is 1. The topological polar surface area (TPSA) is 80.6 Å². The van der Waals surface area contributed by atoms with E-state index in [9.17, 15) is 14.7 Å². The molecule has 2 N–H and O–H groups in total. The molecule has 2 aromatic rings. The van der Waals surface area contributed by atoms with Gasteiger partial charge in [0.05, 0.1) is 10.9 Å². The first-order valence-electron chi connectivity index (χ1n) is 7.44. The molecular formula is C16H16N2O4. The van der Waals surface area contributed by atoms with Crippen molar-refractivity contribution >= 4 is 16.9 Å². The Kier molecular flexibility index (Phi) is 2.94. The van der Waals surface area contributed by atoms with Crippen LogP contribution in [0.4, 0.5) is 0 Å². The van der Waals surface area contributed by atoms with Crippen molar-refractivity contribution in [2.45, 2.75) is 25.4 Å². The van der Waals surface area contributed by atoms with E-state index in [0.29, 0.717) is 24.3 Å². The second-order valence-electron chi connectivity index (χ2n) is 5.79. The number of carbonyl (C=O) groups is 1. The highest BCUT2D eigenvalue weighted by Gasteiger charge is 2.29. The van der Waals surface area contributed by atoms with Gasteiger partial charge in [0.15, 0.2) is 0 Å². The third kappa shape index (κ3) is 1.99. The van der Waals surface area contributed by atoms with Crippen LogP contribution >= 0.6 is 0 Å². The molecule has 0 unspecified atom stereocenters. The Morgan fingerprint density at radius 2 is 2.18 bits per heavy atom. The number of hydrogen-bond donors (Lipinski definition) is 2. The van der Waals surface area contributed by atoms with Gasteiger partial charge in [0, 0.05) is 30.9 Å². The SMILES string of the molecule is O=C(O)c1cn(C2CC2)c2c3c(ccc2c1=O)CNCCO3. The molecule has 1 saturated carbocycles. The molecule has 1 aliphatic heterocycles. The summed E-state index contributed by atoms with van der Waals surface area (Å²) in [5, 5.41) is 13.0. The number of ether oxygens (including phenoxy) is 1. The van der Waals surface area contributed by atoms with Gasteiger partial charge in [0.25, 0.3) is 0 Å². The van der Waals surface area contributed by atoms with Crippen LogP contribution < -0.4 is 15.5 Å². The molecule has 1 aromatic carbocycles. The van der Waals surface area contributed by atoms with Crippen LogP contribution in [0.3, 0.4) is 0 Å². The summed E-state index contributed by atoms with van der Waals surface area (Å²) >= 11 is 0. The molecule has 2 aliphatic rings. The molecule has 1 fully saturated rings. The van der Waals surface area contributed by atoms with Crippen molar-refractivity contribution in [2.24, 2.45) is 0 Å². The molecule has 0 spiro atoms. The van der Waals surface area contributed by atoms with E-state index >= 15 is 0 Å². The van der Waals surface area contributed by atoms with Crippen LogP contribution in [-0.2, 0) is 6.54 Å². The largest absolute Gasteiger partial charge is 0.490 e. The molecule has 0 radical (unpaired) electrons. The molecule has 1 aromatic heterocycles. The maximum Gasteiger partial charge on any atom is 0.341 e. The number of fused-ring (bicyclic) bond motifs is 3. The highest BCUT2D eigenvalue weighted by Crippen LogP contribution is 2.40. The van der Waals surface area contributed by atoms with Crippen molar-refractivity contribution in [2.75, 3.05) is 13.2 Å². The Bertz CT molecular complexity index is 836. The number of hydrogen-bond acceptors (Lipinski definition) is 4. The zero-order valence-corrected chi connectivity index (χ0v) is 12.0. The van der Waals surface area contributed by atoms with Crippen LogP contribution in [0.25, 0.3) is 10.9 Å². The third-order valence-electron chi connectivity index (χ3n) is 4.24. The molecule has 6 heteroatoms. The first kappa shape index (κ1) is 13.3. The molecule has 0 amide bonds. The van der Waals surface area contributed by atoms with Crippen LogP contribution in [0.5, 0.6) is 5.75 Å². The summed E-state index contributed by atoms with van der Waals surface area (Å²) < 4.78 is 7.79. The van der Waals surface area contributed by atoms with E-state index in [2.05, 4.69) is 5.32 Å². The van der Waals surface area contributed by atoms with Gasteiger partial charge in [-0.2, -0.15) is 0 Å². The van der Waals surface area contributed by atoms with Gasteiger partial charge in [0.2, 0.25) is 5.43 Å².